The highest BCUT2D eigenvalue weighted by atomic mass is 17.3. The summed E-state index contributed by atoms with van der Waals surface area (Å²) in [7, 11) is 0. The Morgan fingerprint density at radius 1 is 1.00 bits per heavy atom. The molecule has 4 heteroatoms. The molecule has 0 unspecified atom stereocenters. The van der Waals surface area contributed by atoms with Crippen molar-refractivity contribution < 1.29 is 19.9 Å². The normalized spacial score (nSPS) is 21.6. The third kappa shape index (κ3) is 7.06. The van der Waals surface area contributed by atoms with Gasteiger partial charge in [0.15, 0.2) is 0 Å². The molecule has 4 nitrogen and oxygen atoms in total. The molecule has 1 N–H and O–H groups in total. The lowest BCUT2D eigenvalue weighted by molar-refractivity contribution is -0.501. The Kier molecular flexibility index (Phi) is 8.30. The first kappa shape index (κ1) is 16.6. The molecule has 0 atom stereocenters. The van der Waals surface area contributed by atoms with E-state index in [1.54, 1.807) is 0 Å². The average Bonchev–Trinajstić information content (AvgIpc) is 2.44. The van der Waals surface area contributed by atoms with E-state index in [9.17, 15) is 5.26 Å². The molecular weight excluding hydrogens is 244 g/mol. The van der Waals surface area contributed by atoms with Gasteiger partial charge >= 0.3 is 0 Å². The molecule has 0 aromatic carbocycles. The molecular formula is C15H28O4. The Morgan fingerprint density at radius 3 is 1.89 bits per heavy atom. The van der Waals surface area contributed by atoms with Crippen LogP contribution in [0, 0.1) is 0 Å². The van der Waals surface area contributed by atoms with Crippen molar-refractivity contribution in [3.8, 4) is 0 Å². The highest BCUT2D eigenvalue weighted by molar-refractivity contribution is 4.86. The standard InChI is InChI=1S/C15H28O4/c1-14(2)13-17-19-15(18-16)11-9-7-5-3-4-6-8-10-12-15/h16H,1,3-13H2,2H3. The van der Waals surface area contributed by atoms with E-state index in [4.69, 9.17) is 9.78 Å². The van der Waals surface area contributed by atoms with Crippen LogP contribution in [0.25, 0.3) is 0 Å². The van der Waals surface area contributed by atoms with Gasteiger partial charge in [-0.15, -0.1) is 0 Å². The molecule has 0 bridgehead atoms. The van der Waals surface area contributed by atoms with Gasteiger partial charge in [-0.3, -0.25) is 0 Å². The fraction of sp³-hybridized carbons (Fsp3) is 0.867. The lowest BCUT2D eigenvalue weighted by Crippen LogP contribution is -2.35. The van der Waals surface area contributed by atoms with Gasteiger partial charge in [-0.05, 0) is 19.8 Å². The third-order valence-corrected chi connectivity index (χ3v) is 3.55. The molecule has 19 heavy (non-hydrogen) atoms. The van der Waals surface area contributed by atoms with Crippen molar-refractivity contribution in [2.75, 3.05) is 6.61 Å². The first-order valence-corrected chi connectivity index (χ1v) is 7.46. The van der Waals surface area contributed by atoms with Crippen molar-refractivity contribution in [2.24, 2.45) is 0 Å². The van der Waals surface area contributed by atoms with E-state index >= 15 is 0 Å². The molecule has 0 aliphatic heterocycles. The first-order valence-electron chi connectivity index (χ1n) is 7.46. The Bertz CT molecular complexity index is 241. The monoisotopic (exact) mass is 272 g/mol. The van der Waals surface area contributed by atoms with Crippen molar-refractivity contribution in [3.63, 3.8) is 0 Å². The van der Waals surface area contributed by atoms with Crippen LogP contribution in [0.5, 0.6) is 0 Å². The summed E-state index contributed by atoms with van der Waals surface area (Å²) in [4.78, 5) is 15.2. The van der Waals surface area contributed by atoms with Crippen LogP contribution in [0.3, 0.4) is 0 Å². The third-order valence-electron chi connectivity index (χ3n) is 3.55. The van der Waals surface area contributed by atoms with Crippen molar-refractivity contribution in [1.82, 2.24) is 0 Å². The van der Waals surface area contributed by atoms with E-state index in [1.807, 2.05) is 6.92 Å². The fourth-order valence-electron chi connectivity index (χ4n) is 2.40. The van der Waals surface area contributed by atoms with Gasteiger partial charge in [-0.25, -0.2) is 15.0 Å². The summed E-state index contributed by atoms with van der Waals surface area (Å²) in [6.07, 6.45) is 10.7. The first-order chi connectivity index (χ1) is 9.18. The molecule has 1 aliphatic rings. The average molecular weight is 272 g/mol. The maximum atomic E-state index is 9.23. The minimum absolute atomic E-state index is 0.325. The van der Waals surface area contributed by atoms with Crippen LogP contribution in [-0.4, -0.2) is 17.7 Å². The maximum absolute atomic E-state index is 9.23. The molecule has 1 saturated carbocycles. The summed E-state index contributed by atoms with van der Waals surface area (Å²) in [5.74, 6) is -1.00. The molecule has 0 spiro atoms. The second-order valence-electron chi connectivity index (χ2n) is 5.63. The molecule has 112 valence electrons. The second kappa shape index (κ2) is 9.48. The van der Waals surface area contributed by atoms with Gasteiger partial charge in [0.2, 0.25) is 5.79 Å². The summed E-state index contributed by atoms with van der Waals surface area (Å²) < 4.78 is 0. The topological polar surface area (TPSA) is 47.9 Å². The Hall–Kier alpha value is -0.420. The van der Waals surface area contributed by atoms with Crippen molar-refractivity contribution in [3.05, 3.63) is 12.2 Å². The van der Waals surface area contributed by atoms with E-state index in [1.165, 1.54) is 25.7 Å². The molecule has 0 aromatic rings. The summed E-state index contributed by atoms with van der Waals surface area (Å²) in [6.45, 7) is 5.94. The highest BCUT2D eigenvalue weighted by Gasteiger charge is 2.34. The van der Waals surface area contributed by atoms with Crippen LogP contribution in [-0.2, 0) is 14.7 Å². The summed E-state index contributed by atoms with van der Waals surface area (Å²) in [5.41, 5.74) is 0.879. The largest absolute Gasteiger partial charge is 0.249 e. The van der Waals surface area contributed by atoms with Crippen LogP contribution in [0.1, 0.15) is 71.1 Å². The van der Waals surface area contributed by atoms with Crippen molar-refractivity contribution >= 4 is 0 Å². The molecule has 0 aromatic heterocycles. The zero-order chi connectivity index (χ0) is 14.0. The molecule has 0 amide bonds. The second-order valence-corrected chi connectivity index (χ2v) is 5.63. The van der Waals surface area contributed by atoms with Crippen LogP contribution in [0.4, 0.5) is 0 Å². The van der Waals surface area contributed by atoms with Crippen molar-refractivity contribution in [1.29, 1.82) is 0 Å². The molecule has 1 rings (SSSR count). The smallest absolute Gasteiger partial charge is 0.233 e. The lowest BCUT2D eigenvalue weighted by Gasteiger charge is -2.28. The maximum Gasteiger partial charge on any atom is 0.233 e. The van der Waals surface area contributed by atoms with Crippen LogP contribution < -0.4 is 0 Å². The highest BCUT2D eigenvalue weighted by Crippen LogP contribution is 2.29. The quantitative estimate of drug-likeness (QED) is 0.343. The molecule has 0 heterocycles. The van der Waals surface area contributed by atoms with Gasteiger partial charge < -0.3 is 0 Å². The van der Waals surface area contributed by atoms with Crippen LogP contribution in [0.2, 0.25) is 0 Å². The number of rotatable bonds is 5. The zero-order valence-electron chi connectivity index (χ0n) is 12.2. The van der Waals surface area contributed by atoms with Crippen LogP contribution in [0.15, 0.2) is 12.2 Å². The van der Waals surface area contributed by atoms with E-state index in [-0.39, 0.29) is 0 Å². The molecule has 1 fully saturated rings. The van der Waals surface area contributed by atoms with E-state index in [0.29, 0.717) is 19.4 Å². The van der Waals surface area contributed by atoms with E-state index in [0.717, 1.165) is 31.3 Å². The van der Waals surface area contributed by atoms with Gasteiger partial charge in [-0.1, -0.05) is 50.7 Å². The van der Waals surface area contributed by atoms with Gasteiger partial charge in [0.05, 0.1) is 0 Å². The lowest BCUT2D eigenvalue weighted by atomic mass is 10.0. The Balaban J connectivity index is 2.49. The van der Waals surface area contributed by atoms with Gasteiger partial charge in [0.25, 0.3) is 0 Å². The Labute approximate surface area is 116 Å². The van der Waals surface area contributed by atoms with Gasteiger partial charge in [0, 0.05) is 12.8 Å². The van der Waals surface area contributed by atoms with Gasteiger partial charge in [0.1, 0.15) is 6.61 Å². The number of hydrogen-bond acceptors (Lipinski definition) is 4. The van der Waals surface area contributed by atoms with Crippen LogP contribution >= 0.6 is 0 Å². The van der Waals surface area contributed by atoms with Crippen molar-refractivity contribution in [2.45, 2.75) is 76.9 Å². The molecule has 0 radical (unpaired) electrons. The number of hydrogen-bond donors (Lipinski definition) is 1. The van der Waals surface area contributed by atoms with E-state index in [2.05, 4.69) is 11.5 Å². The zero-order valence-corrected chi connectivity index (χ0v) is 12.2. The van der Waals surface area contributed by atoms with Gasteiger partial charge in [-0.2, -0.15) is 4.89 Å². The summed E-state index contributed by atoms with van der Waals surface area (Å²) in [6, 6.07) is 0. The minimum atomic E-state index is -1.00. The fourth-order valence-corrected chi connectivity index (χ4v) is 2.40. The minimum Gasteiger partial charge on any atom is -0.249 e. The summed E-state index contributed by atoms with van der Waals surface area (Å²) in [5, 5.41) is 9.23. The molecule has 1 aliphatic carbocycles. The predicted molar refractivity (Wildman–Crippen MR) is 74.5 cm³/mol. The molecule has 0 saturated heterocycles. The Morgan fingerprint density at radius 2 is 1.47 bits per heavy atom. The SMILES string of the molecule is C=C(C)COOC1(OO)CCCCCCCCCC1. The predicted octanol–water partition coefficient (Wildman–Crippen LogP) is 4.61. The van der Waals surface area contributed by atoms with E-state index < -0.39 is 5.79 Å². The summed E-state index contributed by atoms with van der Waals surface area (Å²) >= 11 is 0.